The molecule has 1 fully saturated rings. The van der Waals surface area contributed by atoms with Gasteiger partial charge in [0.15, 0.2) is 0 Å². The first-order chi connectivity index (χ1) is 8.11. The number of fused-ring (bicyclic) bond motifs is 1. The predicted molar refractivity (Wildman–Crippen MR) is 57.3 cm³/mol. The number of hydroxylamine groups is 2. The van der Waals surface area contributed by atoms with Crippen LogP contribution in [0.3, 0.4) is 0 Å². The van der Waals surface area contributed by atoms with Crippen LogP contribution in [0, 0.1) is 0 Å². The molecule has 0 aliphatic carbocycles. The van der Waals surface area contributed by atoms with Gasteiger partial charge in [0.25, 0.3) is 11.8 Å². The average Bonchev–Trinajstić information content (AvgIpc) is 3.01. The first-order valence-electron chi connectivity index (χ1n) is 5.35. The van der Waals surface area contributed by atoms with Crippen molar-refractivity contribution in [3.63, 3.8) is 0 Å². The van der Waals surface area contributed by atoms with Gasteiger partial charge in [0.2, 0.25) is 0 Å². The van der Waals surface area contributed by atoms with Crippen LogP contribution in [0.4, 0.5) is 0 Å². The lowest BCUT2D eigenvalue weighted by atomic mass is 10.1. The molecule has 1 aromatic carbocycles. The summed E-state index contributed by atoms with van der Waals surface area (Å²) in [5.41, 5.74) is 0.425. The topological polar surface area (TPSA) is 59.1 Å². The molecule has 0 spiro atoms. The number of ether oxygens (including phenoxy) is 1. The van der Waals surface area contributed by atoms with Crippen LogP contribution in [0.1, 0.15) is 27.6 Å². The van der Waals surface area contributed by atoms with Gasteiger partial charge in [-0.3, -0.25) is 14.4 Å². The number of hydrogen-bond acceptors (Lipinski definition) is 4. The van der Waals surface area contributed by atoms with Gasteiger partial charge in [-0.15, -0.1) is 5.06 Å². The summed E-state index contributed by atoms with van der Waals surface area (Å²) in [4.78, 5) is 29.0. The van der Waals surface area contributed by atoms with E-state index in [9.17, 15) is 9.59 Å². The van der Waals surface area contributed by atoms with Gasteiger partial charge >= 0.3 is 0 Å². The van der Waals surface area contributed by atoms with Gasteiger partial charge < -0.3 is 4.74 Å². The monoisotopic (exact) mass is 233 g/mol. The highest BCUT2D eigenvalue weighted by Gasteiger charge is 2.43. The second kappa shape index (κ2) is 3.38. The number of carbonyl (C=O) groups excluding carboxylic acids is 2. The van der Waals surface area contributed by atoms with Gasteiger partial charge in [0.1, 0.15) is 12.2 Å². The van der Waals surface area contributed by atoms with E-state index in [2.05, 4.69) is 0 Å². The maximum Gasteiger partial charge on any atom is 0.285 e. The summed E-state index contributed by atoms with van der Waals surface area (Å²) in [7, 11) is 0. The molecule has 0 aromatic heterocycles. The number of benzene rings is 1. The van der Waals surface area contributed by atoms with E-state index < -0.39 is 11.8 Å². The Morgan fingerprint density at radius 3 is 2.29 bits per heavy atom. The van der Waals surface area contributed by atoms with Crippen molar-refractivity contribution in [1.82, 2.24) is 5.06 Å². The lowest BCUT2D eigenvalue weighted by Gasteiger charge is -2.14. The Morgan fingerprint density at radius 2 is 1.82 bits per heavy atom. The zero-order valence-corrected chi connectivity index (χ0v) is 9.30. The van der Waals surface area contributed by atoms with Gasteiger partial charge in [0, 0.05) is 0 Å². The lowest BCUT2D eigenvalue weighted by molar-refractivity contribution is -0.104. The molecule has 2 amide bonds. The van der Waals surface area contributed by atoms with Crippen molar-refractivity contribution in [2.75, 3.05) is 13.2 Å². The normalized spacial score (nSPS) is 26.3. The molecule has 1 saturated heterocycles. The van der Waals surface area contributed by atoms with E-state index in [4.69, 9.17) is 9.57 Å². The molecule has 2 aliphatic heterocycles. The number of hydrogen-bond donors (Lipinski definition) is 0. The molecule has 17 heavy (non-hydrogen) atoms. The first kappa shape index (κ1) is 10.4. The first-order valence-corrected chi connectivity index (χ1v) is 5.35. The summed E-state index contributed by atoms with van der Waals surface area (Å²) >= 11 is 0. The van der Waals surface area contributed by atoms with Crippen LogP contribution in [0.25, 0.3) is 0 Å². The third-order valence-electron chi connectivity index (χ3n) is 2.89. The number of imide groups is 1. The predicted octanol–water partition coefficient (Wildman–Crippen LogP) is 1.00. The molecule has 0 radical (unpaired) electrons. The van der Waals surface area contributed by atoms with Crippen LogP contribution in [0.2, 0.25) is 0 Å². The van der Waals surface area contributed by atoms with Crippen LogP contribution in [-0.2, 0) is 9.57 Å². The average molecular weight is 233 g/mol. The number of epoxide rings is 1. The Labute approximate surface area is 97.9 Å². The Hall–Kier alpha value is -1.72. The molecule has 1 unspecified atom stereocenters. The number of rotatable bonds is 3. The molecule has 5 heteroatoms. The van der Waals surface area contributed by atoms with Crippen molar-refractivity contribution in [3.05, 3.63) is 35.4 Å². The fraction of sp³-hybridized carbons (Fsp3) is 0.333. The van der Waals surface area contributed by atoms with Crippen molar-refractivity contribution >= 4 is 11.8 Å². The second-order valence-corrected chi connectivity index (χ2v) is 4.46. The molecular weight excluding hydrogens is 222 g/mol. The molecule has 3 rings (SSSR count). The zero-order chi connectivity index (χ0) is 12.0. The molecule has 2 aliphatic rings. The minimum atomic E-state index is -0.408. The summed E-state index contributed by atoms with van der Waals surface area (Å²) in [6.45, 7) is 2.67. The number of nitrogens with zero attached hydrogens (tertiary/aromatic N) is 1. The van der Waals surface area contributed by atoms with E-state index in [0.29, 0.717) is 17.7 Å². The standard InChI is InChI=1S/C12H11NO4/c1-12(6-16-12)7-17-13-10(14)8-4-2-3-5-9(8)11(13)15/h2-5H,6-7H2,1H3. The summed E-state index contributed by atoms with van der Waals surface area (Å²) in [6.07, 6.45) is 0. The molecule has 5 nitrogen and oxygen atoms in total. The Balaban J connectivity index is 1.80. The van der Waals surface area contributed by atoms with Crippen molar-refractivity contribution < 1.29 is 19.2 Å². The second-order valence-electron chi connectivity index (χ2n) is 4.46. The van der Waals surface area contributed by atoms with Crippen LogP contribution < -0.4 is 0 Å². The molecule has 1 aromatic rings. The smallest absolute Gasteiger partial charge is 0.285 e. The van der Waals surface area contributed by atoms with Crippen molar-refractivity contribution in [1.29, 1.82) is 0 Å². The largest absolute Gasteiger partial charge is 0.367 e. The molecule has 1 atom stereocenters. The maximum atomic E-state index is 11.9. The van der Waals surface area contributed by atoms with Crippen LogP contribution in [-0.4, -0.2) is 35.7 Å². The van der Waals surface area contributed by atoms with E-state index >= 15 is 0 Å². The highest BCUT2D eigenvalue weighted by atomic mass is 16.7. The third-order valence-corrected chi connectivity index (χ3v) is 2.89. The van der Waals surface area contributed by atoms with Crippen molar-refractivity contribution in [3.8, 4) is 0 Å². The number of amides is 2. The Morgan fingerprint density at radius 1 is 1.29 bits per heavy atom. The fourth-order valence-corrected chi connectivity index (χ4v) is 1.69. The van der Waals surface area contributed by atoms with Crippen LogP contribution in [0.5, 0.6) is 0 Å². The van der Waals surface area contributed by atoms with Gasteiger partial charge in [-0.1, -0.05) is 12.1 Å². The minimum absolute atomic E-state index is 0.207. The summed E-state index contributed by atoms with van der Waals surface area (Å²) < 4.78 is 5.13. The third kappa shape index (κ3) is 1.64. The zero-order valence-electron chi connectivity index (χ0n) is 9.30. The summed E-state index contributed by atoms with van der Waals surface area (Å²) in [6, 6.07) is 6.68. The summed E-state index contributed by atoms with van der Waals surface area (Å²) in [5.74, 6) is -0.815. The van der Waals surface area contributed by atoms with Crippen molar-refractivity contribution in [2.24, 2.45) is 0 Å². The molecule has 88 valence electrons. The van der Waals surface area contributed by atoms with Crippen LogP contribution >= 0.6 is 0 Å². The van der Waals surface area contributed by atoms with Gasteiger partial charge in [0.05, 0.1) is 17.7 Å². The van der Waals surface area contributed by atoms with Gasteiger partial charge in [-0.2, -0.15) is 0 Å². The Bertz CT molecular complexity index is 472. The maximum absolute atomic E-state index is 11.9. The summed E-state index contributed by atoms with van der Waals surface area (Å²) in [5, 5.41) is 0.817. The van der Waals surface area contributed by atoms with E-state index in [0.717, 1.165) is 5.06 Å². The highest BCUT2D eigenvalue weighted by Crippen LogP contribution is 2.28. The molecule has 2 heterocycles. The van der Waals surface area contributed by atoms with E-state index in [1.807, 2.05) is 6.92 Å². The SMILES string of the molecule is CC1(CON2C(=O)c3ccccc3C2=O)CO1. The fourth-order valence-electron chi connectivity index (χ4n) is 1.69. The molecule has 0 saturated carbocycles. The van der Waals surface area contributed by atoms with Crippen molar-refractivity contribution in [2.45, 2.75) is 12.5 Å². The highest BCUT2D eigenvalue weighted by molar-refractivity contribution is 6.20. The quantitative estimate of drug-likeness (QED) is 0.577. The lowest BCUT2D eigenvalue weighted by Crippen LogP contribution is -2.33. The molecular formula is C12H11NO4. The van der Waals surface area contributed by atoms with E-state index in [-0.39, 0.29) is 12.2 Å². The van der Waals surface area contributed by atoms with E-state index in [1.165, 1.54) is 0 Å². The van der Waals surface area contributed by atoms with Gasteiger partial charge in [-0.25, -0.2) is 0 Å². The van der Waals surface area contributed by atoms with Gasteiger partial charge in [-0.05, 0) is 19.1 Å². The van der Waals surface area contributed by atoms with E-state index in [1.54, 1.807) is 24.3 Å². The minimum Gasteiger partial charge on any atom is -0.367 e. The number of carbonyl (C=O) groups is 2. The molecule has 0 bridgehead atoms. The Kier molecular flexibility index (Phi) is 2.08. The molecule has 0 N–H and O–H groups in total. The van der Waals surface area contributed by atoms with Crippen LogP contribution in [0.15, 0.2) is 24.3 Å².